The number of carbonyl (C=O) groups excluding carboxylic acids is 1. The maximum Gasteiger partial charge on any atom is 0.307 e. The normalized spacial score (nSPS) is 10.1. The molecule has 0 aliphatic rings. The number of hydrogen-bond donors (Lipinski definition) is 2. The van der Waals surface area contributed by atoms with Gasteiger partial charge in [-0.15, -0.1) is 0 Å². The highest BCUT2D eigenvalue weighted by molar-refractivity contribution is 5.90. The zero-order chi connectivity index (χ0) is 16.5. The first-order valence-corrected chi connectivity index (χ1v) is 7.42. The SMILES string of the molecule is O=C(O)Cc1ccc(NC(=O)CCCOc2ccccc2)cc1. The lowest BCUT2D eigenvalue weighted by Crippen LogP contribution is -2.12. The van der Waals surface area contributed by atoms with Crippen LogP contribution < -0.4 is 10.1 Å². The Kier molecular flexibility index (Phi) is 6.17. The summed E-state index contributed by atoms with van der Waals surface area (Å²) in [5.74, 6) is -0.172. The van der Waals surface area contributed by atoms with Crippen molar-refractivity contribution in [2.75, 3.05) is 11.9 Å². The minimum absolute atomic E-state index is 0.0228. The van der Waals surface area contributed by atoms with E-state index in [1.807, 2.05) is 30.3 Å². The van der Waals surface area contributed by atoms with Gasteiger partial charge in [-0.05, 0) is 36.2 Å². The van der Waals surface area contributed by atoms with E-state index >= 15 is 0 Å². The molecule has 0 bridgehead atoms. The molecule has 2 N–H and O–H groups in total. The van der Waals surface area contributed by atoms with Gasteiger partial charge in [-0.3, -0.25) is 9.59 Å². The summed E-state index contributed by atoms with van der Waals surface area (Å²) < 4.78 is 5.52. The molecule has 1 amide bonds. The Labute approximate surface area is 134 Å². The van der Waals surface area contributed by atoms with Gasteiger partial charge < -0.3 is 15.2 Å². The average molecular weight is 313 g/mol. The number of para-hydroxylation sites is 1. The zero-order valence-electron chi connectivity index (χ0n) is 12.7. The van der Waals surface area contributed by atoms with E-state index in [1.165, 1.54) is 0 Å². The fraction of sp³-hybridized carbons (Fsp3) is 0.222. The van der Waals surface area contributed by atoms with E-state index in [1.54, 1.807) is 24.3 Å². The van der Waals surface area contributed by atoms with Crippen LogP contribution in [0.4, 0.5) is 5.69 Å². The maximum absolute atomic E-state index is 11.8. The van der Waals surface area contributed by atoms with Gasteiger partial charge in [0.15, 0.2) is 0 Å². The molecule has 5 nitrogen and oxygen atoms in total. The van der Waals surface area contributed by atoms with Crippen LogP contribution in [-0.2, 0) is 16.0 Å². The average Bonchev–Trinajstić information content (AvgIpc) is 2.54. The van der Waals surface area contributed by atoms with Gasteiger partial charge in [0.2, 0.25) is 5.91 Å². The van der Waals surface area contributed by atoms with Crippen molar-refractivity contribution < 1.29 is 19.4 Å². The van der Waals surface area contributed by atoms with Crippen molar-refractivity contribution in [2.24, 2.45) is 0 Å². The number of amides is 1. The Bertz CT molecular complexity index is 638. The number of ether oxygens (including phenoxy) is 1. The Morgan fingerprint density at radius 1 is 1.00 bits per heavy atom. The quantitative estimate of drug-likeness (QED) is 0.734. The number of benzene rings is 2. The standard InChI is InChI=1S/C18H19NO4/c20-17(7-4-12-23-16-5-2-1-3-6-16)19-15-10-8-14(9-11-15)13-18(21)22/h1-3,5-6,8-11H,4,7,12-13H2,(H,19,20)(H,21,22). The number of nitrogens with one attached hydrogen (secondary N) is 1. The first kappa shape index (κ1) is 16.5. The molecule has 0 fully saturated rings. The van der Waals surface area contributed by atoms with E-state index in [2.05, 4.69) is 5.32 Å². The molecule has 0 saturated carbocycles. The summed E-state index contributed by atoms with van der Waals surface area (Å²) in [6, 6.07) is 16.3. The molecule has 5 heteroatoms. The van der Waals surface area contributed by atoms with Gasteiger partial charge in [0.25, 0.3) is 0 Å². The Morgan fingerprint density at radius 2 is 1.70 bits per heavy atom. The van der Waals surface area contributed by atoms with Gasteiger partial charge in [0, 0.05) is 12.1 Å². The minimum atomic E-state index is -0.875. The number of hydrogen-bond acceptors (Lipinski definition) is 3. The van der Waals surface area contributed by atoms with Gasteiger partial charge in [-0.25, -0.2) is 0 Å². The molecule has 2 aromatic carbocycles. The summed E-state index contributed by atoms with van der Waals surface area (Å²) in [6.07, 6.45) is 0.965. The van der Waals surface area contributed by atoms with Crippen molar-refractivity contribution in [3.8, 4) is 5.75 Å². The van der Waals surface area contributed by atoms with Crippen molar-refractivity contribution in [2.45, 2.75) is 19.3 Å². The van der Waals surface area contributed by atoms with Crippen molar-refractivity contribution in [3.63, 3.8) is 0 Å². The van der Waals surface area contributed by atoms with Crippen LogP contribution in [0.3, 0.4) is 0 Å². The van der Waals surface area contributed by atoms with E-state index in [9.17, 15) is 9.59 Å². The molecule has 0 saturated heterocycles. The molecule has 0 aromatic heterocycles. The van der Waals surface area contributed by atoms with Crippen molar-refractivity contribution >= 4 is 17.6 Å². The molecule has 0 unspecified atom stereocenters. The monoisotopic (exact) mass is 313 g/mol. The summed E-state index contributed by atoms with van der Waals surface area (Å²) in [4.78, 5) is 22.4. The molecular weight excluding hydrogens is 294 g/mol. The van der Waals surface area contributed by atoms with Crippen LogP contribution in [0.15, 0.2) is 54.6 Å². The maximum atomic E-state index is 11.8. The summed E-state index contributed by atoms with van der Waals surface area (Å²) >= 11 is 0. The highest BCUT2D eigenvalue weighted by atomic mass is 16.5. The molecule has 0 heterocycles. The highest BCUT2D eigenvalue weighted by Gasteiger charge is 2.04. The van der Waals surface area contributed by atoms with Gasteiger partial charge in [0.1, 0.15) is 5.75 Å². The summed E-state index contributed by atoms with van der Waals surface area (Å²) in [6.45, 7) is 0.481. The second-order valence-electron chi connectivity index (χ2n) is 5.08. The van der Waals surface area contributed by atoms with Gasteiger partial charge in [0.05, 0.1) is 13.0 Å². The van der Waals surface area contributed by atoms with Crippen LogP contribution in [0.2, 0.25) is 0 Å². The fourth-order valence-corrected chi connectivity index (χ4v) is 2.04. The van der Waals surface area contributed by atoms with Crippen LogP contribution in [0, 0.1) is 0 Å². The number of carboxylic acid groups (broad SMARTS) is 1. The van der Waals surface area contributed by atoms with Gasteiger partial charge in [-0.1, -0.05) is 30.3 Å². The van der Waals surface area contributed by atoms with Crippen LogP contribution in [-0.4, -0.2) is 23.6 Å². The van der Waals surface area contributed by atoms with Crippen molar-refractivity contribution in [3.05, 3.63) is 60.2 Å². The largest absolute Gasteiger partial charge is 0.494 e. The third-order valence-electron chi connectivity index (χ3n) is 3.15. The lowest BCUT2D eigenvalue weighted by Gasteiger charge is -2.07. The number of carbonyl (C=O) groups is 2. The molecule has 0 spiro atoms. The summed E-state index contributed by atoms with van der Waals surface area (Å²) in [5.41, 5.74) is 1.36. The highest BCUT2D eigenvalue weighted by Crippen LogP contribution is 2.12. The predicted octanol–water partition coefficient (Wildman–Crippen LogP) is 3.11. The second-order valence-corrected chi connectivity index (χ2v) is 5.08. The number of carboxylic acids is 1. The van der Waals surface area contributed by atoms with Crippen LogP contribution in [0.5, 0.6) is 5.75 Å². The second kappa shape index (κ2) is 8.58. The molecule has 120 valence electrons. The number of aliphatic carboxylic acids is 1. The molecular formula is C18H19NO4. The summed E-state index contributed by atoms with van der Waals surface area (Å²) in [5, 5.41) is 11.5. The predicted molar refractivity (Wildman–Crippen MR) is 87.6 cm³/mol. The lowest BCUT2D eigenvalue weighted by molar-refractivity contribution is -0.136. The van der Waals surface area contributed by atoms with E-state index in [0.717, 1.165) is 5.75 Å². The smallest absolute Gasteiger partial charge is 0.307 e. The van der Waals surface area contributed by atoms with Crippen molar-refractivity contribution in [1.29, 1.82) is 0 Å². The first-order valence-electron chi connectivity index (χ1n) is 7.42. The molecule has 2 aromatic rings. The lowest BCUT2D eigenvalue weighted by atomic mass is 10.1. The topological polar surface area (TPSA) is 75.6 Å². The third-order valence-corrected chi connectivity index (χ3v) is 3.15. The number of anilines is 1. The Morgan fingerprint density at radius 3 is 2.35 bits per heavy atom. The van der Waals surface area contributed by atoms with Crippen LogP contribution in [0.1, 0.15) is 18.4 Å². The molecule has 23 heavy (non-hydrogen) atoms. The van der Waals surface area contributed by atoms with Crippen LogP contribution in [0.25, 0.3) is 0 Å². The zero-order valence-corrected chi connectivity index (χ0v) is 12.7. The third kappa shape index (κ3) is 6.22. The molecule has 0 aliphatic carbocycles. The van der Waals surface area contributed by atoms with E-state index < -0.39 is 5.97 Å². The Hall–Kier alpha value is -2.82. The molecule has 0 radical (unpaired) electrons. The number of rotatable bonds is 8. The molecule has 0 atom stereocenters. The van der Waals surface area contributed by atoms with E-state index in [0.29, 0.717) is 30.7 Å². The van der Waals surface area contributed by atoms with Crippen LogP contribution >= 0.6 is 0 Å². The molecule has 0 aliphatic heterocycles. The van der Waals surface area contributed by atoms with E-state index in [4.69, 9.17) is 9.84 Å². The fourth-order valence-electron chi connectivity index (χ4n) is 2.04. The summed E-state index contributed by atoms with van der Waals surface area (Å²) in [7, 11) is 0. The Balaban J connectivity index is 1.69. The van der Waals surface area contributed by atoms with Crippen molar-refractivity contribution in [1.82, 2.24) is 0 Å². The van der Waals surface area contributed by atoms with Gasteiger partial charge >= 0.3 is 5.97 Å². The minimum Gasteiger partial charge on any atom is -0.494 e. The molecule has 2 rings (SSSR count). The van der Waals surface area contributed by atoms with E-state index in [-0.39, 0.29) is 12.3 Å². The van der Waals surface area contributed by atoms with Gasteiger partial charge in [-0.2, -0.15) is 0 Å². The first-order chi connectivity index (χ1) is 11.1.